The summed E-state index contributed by atoms with van der Waals surface area (Å²) in [5.41, 5.74) is 0. The molecule has 0 rings (SSSR count). The van der Waals surface area contributed by atoms with Crippen molar-refractivity contribution < 1.29 is 18.0 Å². The highest BCUT2D eigenvalue weighted by Crippen LogP contribution is 2.14. The van der Waals surface area contributed by atoms with Gasteiger partial charge in [0.1, 0.15) is 0 Å². The van der Waals surface area contributed by atoms with Crippen molar-refractivity contribution in [2.45, 2.75) is 70.9 Å². The predicted molar refractivity (Wildman–Crippen MR) is 66.3 cm³/mol. The van der Waals surface area contributed by atoms with E-state index in [4.69, 9.17) is 0 Å². The molecule has 18 heavy (non-hydrogen) atoms. The first-order chi connectivity index (χ1) is 8.48. The Morgan fingerprint density at radius 1 is 0.889 bits per heavy atom. The Hall–Kier alpha value is -0.740. The number of rotatable bonds is 10. The van der Waals surface area contributed by atoms with Gasteiger partial charge in [0, 0.05) is 6.54 Å². The Morgan fingerprint density at radius 2 is 1.33 bits per heavy atom. The lowest BCUT2D eigenvalue weighted by atomic mass is 10.1. The minimum absolute atomic E-state index is 0.119. The molecule has 0 radical (unpaired) electrons. The highest BCUT2D eigenvalue weighted by Gasteiger charge is 2.38. The molecule has 2 nitrogen and oxygen atoms in total. The molecular formula is C13H24F3NO. The molecule has 0 aromatic heterocycles. The van der Waals surface area contributed by atoms with Crippen LogP contribution in [0.1, 0.15) is 64.7 Å². The maximum Gasteiger partial charge on any atom is 0.471 e. The van der Waals surface area contributed by atoms with E-state index in [1.54, 1.807) is 0 Å². The first-order valence-electron chi connectivity index (χ1n) is 6.83. The lowest BCUT2D eigenvalue weighted by Crippen LogP contribution is -2.37. The van der Waals surface area contributed by atoms with Gasteiger partial charge in [-0.25, -0.2) is 0 Å². The van der Waals surface area contributed by atoms with Gasteiger partial charge >= 0.3 is 12.1 Å². The normalized spacial score (nSPS) is 11.6. The van der Waals surface area contributed by atoms with Gasteiger partial charge in [0.2, 0.25) is 0 Å². The van der Waals surface area contributed by atoms with Crippen LogP contribution in [0.3, 0.4) is 0 Å². The summed E-state index contributed by atoms with van der Waals surface area (Å²) in [6, 6.07) is 0. The van der Waals surface area contributed by atoms with E-state index < -0.39 is 12.1 Å². The summed E-state index contributed by atoms with van der Waals surface area (Å²) in [5, 5.41) is 1.88. The maximum atomic E-state index is 11.8. The summed E-state index contributed by atoms with van der Waals surface area (Å²) >= 11 is 0. The zero-order valence-electron chi connectivity index (χ0n) is 11.1. The van der Waals surface area contributed by atoms with Crippen LogP contribution in [0.2, 0.25) is 0 Å². The minimum Gasteiger partial charge on any atom is -0.348 e. The largest absolute Gasteiger partial charge is 0.471 e. The molecule has 0 fully saturated rings. The van der Waals surface area contributed by atoms with Crippen molar-refractivity contribution in [1.29, 1.82) is 0 Å². The van der Waals surface area contributed by atoms with Crippen LogP contribution in [0.4, 0.5) is 13.2 Å². The van der Waals surface area contributed by atoms with Crippen molar-refractivity contribution in [3.05, 3.63) is 0 Å². The van der Waals surface area contributed by atoms with E-state index in [-0.39, 0.29) is 6.54 Å². The van der Waals surface area contributed by atoms with E-state index in [1.165, 1.54) is 32.1 Å². The van der Waals surface area contributed by atoms with Gasteiger partial charge in [-0.2, -0.15) is 13.2 Å². The van der Waals surface area contributed by atoms with E-state index >= 15 is 0 Å². The number of carbonyl (C=O) groups is 1. The maximum absolute atomic E-state index is 11.8. The Labute approximate surface area is 107 Å². The molecule has 0 aliphatic carbocycles. The topological polar surface area (TPSA) is 29.1 Å². The quantitative estimate of drug-likeness (QED) is 0.591. The molecule has 0 atom stereocenters. The summed E-state index contributed by atoms with van der Waals surface area (Å²) in [6.07, 6.45) is 5.17. The van der Waals surface area contributed by atoms with Crippen molar-refractivity contribution >= 4 is 5.91 Å². The van der Waals surface area contributed by atoms with Gasteiger partial charge in [-0.1, -0.05) is 58.3 Å². The van der Waals surface area contributed by atoms with E-state index in [2.05, 4.69) is 6.92 Å². The van der Waals surface area contributed by atoms with E-state index in [1.807, 2.05) is 5.32 Å². The fourth-order valence-corrected chi connectivity index (χ4v) is 1.74. The van der Waals surface area contributed by atoms with Crippen LogP contribution in [0.5, 0.6) is 0 Å². The molecule has 1 N–H and O–H groups in total. The molecule has 0 aromatic carbocycles. The lowest BCUT2D eigenvalue weighted by Gasteiger charge is -2.07. The second-order valence-electron chi connectivity index (χ2n) is 4.58. The number of hydrogen-bond donors (Lipinski definition) is 1. The highest BCUT2D eigenvalue weighted by atomic mass is 19.4. The predicted octanol–water partition coefficient (Wildman–Crippen LogP) is 4.20. The summed E-state index contributed by atoms with van der Waals surface area (Å²) in [6.45, 7) is 2.30. The molecule has 0 bridgehead atoms. The zero-order chi connectivity index (χ0) is 13.9. The highest BCUT2D eigenvalue weighted by molar-refractivity contribution is 5.81. The molecule has 0 aliphatic rings. The summed E-state index contributed by atoms with van der Waals surface area (Å²) in [5.74, 6) is -1.83. The molecule has 0 heterocycles. The fourth-order valence-electron chi connectivity index (χ4n) is 1.74. The van der Waals surface area contributed by atoms with Crippen LogP contribution in [-0.4, -0.2) is 18.6 Å². The van der Waals surface area contributed by atoms with Crippen LogP contribution >= 0.6 is 0 Å². The monoisotopic (exact) mass is 267 g/mol. The number of amides is 1. The summed E-state index contributed by atoms with van der Waals surface area (Å²) in [7, 11) is 0. The fraction of sp³-hybridized carbons (Fsp3) is 0.923. The van der Waals surface area contributed by atoms with Gasteiger partial charge in [-0.05, 0) is 6.42 Å². The average molecular weight is 267 g/mol. The smallest absolute Gasteiger partial charge is 0.348 e. The molecule has 0 aromatic rings. The first-order valence-corrected chi connectivity index (χ1v) is 6.83. The molecule has 0 saturated heterocycles. The third kappa shape index (κ3) is 10.4. The minimum atomic E-state index is -4.75. The van der Waals surface area contributed by atoms with Crippen molar-refractivity contribution in [3.8, 4) is 0 Å². The molecular weight excluding hydrogens is 243 g/mol. The van der Waals surface area contributed by atoms with Gasteiger partial charge in [-0.3, -0.25) is 4.79 Å². The SMILES string of the molecule is CCCCCCCCCCCNC(=O)C(F)(F)F. The Bertz CT molecular complexity index is 217. The summed E-state index contributed by atoms with van der Waals surface area (Å²) in [4.78, 5) is 10.5. The Morgan fingerprint density at radius 3 is 1.78 bits per heavy atom. The molecule has 108 valence electrons. The van der Waals surface area contributed by atoms with E-state index in [0.717, 1.165) is 19.3 Å². The van der Waals surface area contributed by atoms with Crippen LogP contribution in [0.25, 0.3) is 0 Å². The number of alkyl halides is 3. The Kier molecular flexibility index (Phi) is 9.79. The lowest BCUT2D eigenvalue weighted by molar-refractivity contribution is -0.173. The van der Waals surface area contributed by atoms with Crippen LogP contribution < -0.4 is 5.32 Å². The zero-order valence-corrected chi connectivity index (χ0v) is 11.1. The number of unbranched alkanes of at least 4 members (excludes halogenated alkanes) is 8. The average Bonchev–Trinajstić information content (AvgIpc) is 2.30. The Balaban J connectivity index is 3.19. The van der Waals surface area contributed by atoms with E-state index in [0.29, 0.717) is 6.42 Å². The van der Waals surface area contributed by atoms with Crippen LogP contribution in [-0.2, 0) is 4.79 Å². The number of halogens is 3. The molecule has 5 heteroatoms. The van der Waals surface area contributed by atoms with Gasteiger partial charge in [-0.15, -0.1) is 0 Å². The number of hydrogen-bond acceptors (Lipinski definition) is 1. The van der Waals surface area contributed by atoms with Gasteiger partial charge in [0.15, 0.2) is 0 Å². The molecule has 0 saturated carbocycles. The third-order valence-corrected chi connectivity index (χ3v) is 2.82. The van der Waals surface area contributed by atoms with E-state index in [9.17, 15) is 18.0 Å². The standard InChI is InChI=1S/C13H24F3NO/c1-2-3-4-5-6-7-8-9-10-11-17-12(18)13(14,15)16/h2-11H2,1H3,(H,17,18). The second-order valence-corrected chi connectivity index (χ2v) is 4.58. The third-order valence-electron chi connectivity index (χ3n) is 2.82. The first kappa shape index (κ1) is 17.3. The van der Waals surface area contributed by atoms with Crippen molar-refractivity contribution in [2.75, 3.05) is 6.54 Å². The van der Waals surface area contributed by atoms with Crippen LogP contribution in [0, 0.1) is 0 Å². The van der Waals surface area contributed by atoms with Crippen LogP contribution in [0.15, 0.2) is 0 Å². The van der Waals surface area contributed by atoms with Crippen molar-refractivity contribution in [1.82, 2.24) is 5.32 Å². The van der Waals surface area contributed by atoms with Crippen molar-refractivity contribution in [3.63, 3.8) is 0 Å². The summed E-state index contributed by atoms with van der Waals surface area (Å²) < 4.78 is 35.4. The van der Waals surface area contributed by atoms with Gasteiger partial charge in [0.05, 0.1) is 0 Å². The molecule has 0 spiro atoms. The number of nitrogens with one attached hydrogen (secondary N) is 1. The van der Waals surface area contributed by atoms with Gasteiger partial charge < -0.3 is 5.32 Å². The second kappa shape index (κ2) is 10.2. The molecule has 1 amide bonds. The molecule has 0 unspecified atom stereocenters. The number of carbonyl (C=O) groups excluding carboxylic acids is 1. The van der Waals surface area contributed by atoms with Crippen molar-refractivity contribution in [2.24, 2.45) is 0 Å². The van der Waals surface area contributed by atoms with Gasteiger partial charge in [0.25, 0.3) is 0 Å². The molecule has 0 aliphatic heterocycles.